The van der Waals surface area contributed by atoms with E-state index in [4.69, 9.17) is 10.5 Å². The lowest BCUT2D eigenvalue weighted by molar-refractivity contribution is 0.102. The molecule has 8 heteroatoms. The summed E-state index contributed by atoms with van der Waals surface area (Å²) in [6, 6.07) is 11.9. The van der Waals surface area contributed by atoms with E-state index in [9.17, 15) is 9.59 Å². The van der Waals surface area contributed by atoms with E-state index < -0.39 is 11.5 Å². The Hall–Kier alpha value is -3.91. The first-order chi connectivity index (χ1) is 11.2. The highest BCUT2D eigenvalue weighted by Gasteiger charge is 2.17. The lowest BCUT2D eigenvalue weighted by Gasteiger charge is -2.04. The summed E-state index contributed by atoms with van der Waals surface area (Å²) in [4.78, 5) is 31.1. The number of H-pyrrole nitrogens is 1. The number of rotatable bonds is 2. The van der Waals surface area contributed by atoms with Crippen LogP contribution in [0.5, 0.6) is 0 Å². The minimum Gasteiger partial charge on any atom is -0.316 e. The lowest BCUT2D eigenvalue weighted by atomic mass is 10.2. The summed E-state index contributed by atoms with van der Waals surface area (Å²) in [5.74, 6) is -0.417. The van der Waals surface area contributed by atoms with Crippen molar-refractivity contribution in [3.8, 4) is 12.1 Å². The van der Waals surface area contributed by atoms with Crippen LogP contribution in [0.1, 0.15) is 21.7 Å². The van der Waals surface area contributed by atoms with Crippen molar-refractivity contribution in [2.75, 3.05) is 5.32 Å². The summed E-state index contributed by atoms with van der Waals surface area (Å²) in [6.07, 6.45) is 1.18. The quantitative estimate of drug-likeness (QED) is 0.730. The number of carbonyl (C=O) groups is 1. The Labute approximate surface area is 129 Å². The van der Waals surface area contributed by atoms with Crippen molar-refractivity contribution in [2.24, 2.45) is 0 Å². The molecule has 0 aliphatic heterocycles. The fourth-order valence-electron chi connectivity index (χ4n) is 2.09. The predicted molar refractivity (Wildman–Crippen MR) is 79.6 cm³/mol. The molecule has 0 saturated carbocycles. The summed E-state index contributed by atoms with van der Waals surface area (Å²) in [6.45, 7) is 0. The molecule has 0 unspecified atom stereocenters. The van der Waals surface area contributed by atoms with Crippen LogP contribution in [0.2, 0.25) is 0 Å². The maximum absolute atomic E-state index is 12.4. The third kappa shape index (κ3) is 2.30. The number of aromatic nitrogens is 3. The third-order valence-corrected chi connectivity index (χ3v) is 3.16. The Morgan fingerprint density at radius 2 is 1.96 bits per heavy atom. The first-order valence-corrected chi connectivity index (χ1v) is 6.46. The van der Waals surface area contributed by atoms with E-state index in [0.717, 1.165) is 4.40 Å². The molecular weight excluding hydrogens is 296 g/mol. The summed E-state index contributed by atoms with van der Waals surface area (Å²) >= 11 is 0. The molecule has 1 aromatic carbocycles. The molecule has 0 saturated heterocycles. The van der Waals surface area contributed by atoms with Crippen LogP contribution in [-0.4, -0.2) is 20.3 Å². The molecule has 3 rings (SSSR count). The average Bonchev–Trinajstić information content (AvgIpc) is 2.96. The van der Waals surface area contributed by atoms with Gasteiger partial charge in [-0.1, -0.05) is 18.2 Å². The molecular formula is C15H8N6O2. The molecule has 0 aliphatic rings. The highest BCUT2D eigenvalue weighted by Crippen LogP contribution is 2.10. The van der Waals surface area contributed by atoms with Crippen LogP contribution in [-0.2, 0) is 0 Å². The second kappa shape index (κ2) is 5.47. The number of hydrogen-bond donors (Lipinski definition) is 2. The average molecular weight is 304 g/mol. The van der Waals surface area contributed by atoms with E-state index >= 15 is 0 Å². The SMILES string of the molecule is N#Cc1[nH]c2ncc(NC(=O)c3ccccc3)c(=O)n2c1C#N. The molecule has 110 valence electrons. The molecule has 2 aromatic heterocycles. The zero-order chi connectivity index (χ0) is 16.4. The molecule has 23 heavy (non-hydrogen) atoms. The van der Waals surface area contributed by atoms with Crippen LogP contribution < -0.4 is 10.9 Å². The monoisotopic (exact) mass is 304 g/mol. The molecule has 0 spiro atoms. The van der Waals surface area contributed by atoms with Gasteiger partial charge in [0.1, 0.15) is 17.8 Å². The summed E-state index contributed by atoms with van der Waals surface area (Å²) < 4.78 is 0.957. The molecule has 1 amide bonds. The maximum atomic E-state index is 12.4. The number of benzene rings is 1. The first kappa shape index (κ1) is 14.0. The van der Waals surface area contributed by atoms with E-state index in [1.807, 2.05) is 0 Å². The number of nitriles is 2. The highest BCUT2D eigenvalue weighted by atomic mass is 16.2. The van der Waals surface area contributed by atoms with E-state index in [1.54, 1.807) is 42.5 Å². The van der Waals surface area contributed by atoms with Crippen LogP contribution in [0, 0.1) is 22.7 Å². The van der Waals surface area contributed by atoms with Crippen LogP contribution >= 0.6 is 0 Å². The second-order valence-electron chi connectivity index (χ2n) is 4.53. The number of fused-ring (bicyclic) bond motifs is 1. The Balaban J connectivity index is 2.09. The number of carbonyl (C=O) groups excluding carboxylic acids is 1. The second-order valence-corrected chi connectivity index (χ2v) is 4.53. The van der Waals surface area contributed by atoms with E-state index in [2.05, 4.69) is 15.3 Å². The lowest BCUT2D eigenvalue weighted by Crippen LogP contribution is -2.23. The van der Waals surface area contributed by atoms with Crippen molar-refractivity contribution in [1.82, 2.24) is 14.4 Å². The number of anilines is 1. The molecule has 0 atom stereocenters. The van der Waals surface area contributed by atoms with Crippen molar-refractivity contribution in [3.05, 3.63) is 63.8 Å². The summed E-state index contributed by atoms with van der Waals surface area (Å²) in [5, 5.41) is 20.5. The Kier molecular flexibility index (Phi) is 3.34. The molecule has 0 bridgehead atoms. The van der Waals surface area contributed by atoms with Gasteiger partial charge < -0.3 is 10.3 Å². The van der Waals surface area contributed by atoms with E-state index in [0.29, 0.717) is 5.56 Å². The predicted octanol–water partition coefficient (Wildman–Crippen LogP) is 1.02. The molecule has 0 aliphatic carbocycles. The molecule has 2 N–H and O–H groups in total. The minimum atomic E-state index is -0.645. The molecule has 2 heterocycles. The fraction of sp³-hybridized carbons (Fsp3) is 0. The topological polar surface area (TPSA) is 127 Å². The first-order valence-electron chi connectivity index (χ1n) is 6.46. The van der Waals surface area contributed by atoms with Gasteiger partial charge in [0.15, 0.2) is 11.4 Å². The summed E-state index contributed by atoms with van der Waals surface area (Å²) in [5.41, 5.74) is -0.575. The Morgan fingerprint density at radius 1 is 1.22 bits per heavy atom. The van der Waals surface area contributed by atoms with Gasteiger partial charge in [0, 0.05) is 5.56 Å². The van der Waals surface area contributed by atoms with Gasteiger partial charge in [0.25, 0.3) is 11.5 Å². The fourth-order valence-corrected chi connectivity index (χ4v) is 2.09. The standard InChI is InChI=1S/C15H8N6O2/c16-6-10-12(7-17)21-14(23)11(8-18-15(21)20-10)19-13(22)9-4-2-1-3-5-9/h1-5,8H,(H,18,20)(H,19,22). The van der Waals surface area contributed by atoms with Gasteiger partial charge in [0.2, 0.25) is 5.78 Å². The maximum Gasteiger partial charge on any atom is 0.283 e. The zero-order valence-electron chi connectivity index (χ0n) is 11.6. The molecule has 0 radical (unpaired) electrons. The normalized spacial score (nSPS) is 10.0. The number of imidazole rings is 1. The van der Waals surface area contributed by atoms with Gasteiger partial charge >= 0.3 is 0 Å². The van der Waals surface area contributed by atoms with Gasteiger partial charge in [0.05, 0.1) is 6.20 Å². The van der Waals surface area contributed by atoms with E-state index in [1.165, 1.54) is 6.20 Å². The van der Waals surface area contributed by atoms with Crippen molar-refractivity contribution >= 4 is 17.4 Å². The number of hydrogen-bond acceptors (Lipinski definition) is 5. The van der Waals surface area contributed by atoms with Gasteiger partial charge in [-0.25, -0.2) is 9.38 Å². The third-order valence-electron chi connectivity index (χ3n) is 3.16. The molecule has 8 nitrogen and oxygen atoms in total. The number of nitrogens with zero attached hydrogens (tertiary/aromatic N) is 4. The van der Waals surface area contributed by atoms with Crippen molar-refractivity contribution < 1.29 is 4.79 Å². The number of nitrogens with one attached hydrogen (secondary N) is 2. The number of amides is 1. The van der Waals surface area contributed by atoms with Crippen LogP contribution in [0.4, 0.5) is 5.69 Å². The van der Waals surface area contributed by atoms with Gasteiger partial charge in [-0.3, -0.25) is 9.59 Å². The van der Waals surface area contributed by atoms with Gasteiger partial charge in [-0.05, 0) is 12.1 Å². The van der Waals surface area contributed by atoms with E-state index in [-0.39, 0.29) is 22.9 Å². The van der Waals surface area contributed by atoms with Gasteiger partial charge in [-0.15, -0.1) is 0 Å². The summed E-state index contributed by atoms with van der Waals surface area (Å²) in [7, 11) is 0. The van der Waals surface area contributed by atoms with Crippen molar-refractivity contribution in [1.29, 1.82) is 10.5 Å². The van der Waals surface area contributed by atoms with Crippen LogP contribution in [0.25, 0.3) is 5.78 Å². The minimum absolute atomic E-state index is 0.0563. The smallest absolute Gasteiger partial charge is 0.283 e. The highest BCUT2D eigenvalue weighted by molar-refractivity contribution is 6.04. The number of aromatic amines is 1. The molecule has 3 aromatic rings. The molecule has 0 fully saturated rings. The Bertz CT molecular complexity index is 1050. The zero-order valence-corrected chi connectivity index (χ0v) is 11.6. The van der Waals surface area contributed by atoms with Gasteiger partial charge in [-0.2, -0.15) is 10.5 Å². The van der Waals surface area contributed by atoms with Crippen LogP contribution in [0.15, 0.2) is 41.3 Å². The van der Waals surface area contributed by atoms with Crippen LogP contribution in [0.3, 0.4) is 0 Å². The Morgan fingerprint density at radius 3 is 2.61 bits per heavy atom. The largest absolute Gasteiger partial charge is 0.316 e. The van der Waals surface area contributed by atoms with Crippen molar-refractivity contribution in [3.63, 3.8) is 0 Å². The van der Waals surface area contributed by atoms with Crippen molar-refractivity contribution in [2.45, 2.75) is 0 Å².